The Morgan fingerprint density at radius 2 is 2.04 bits per heavy atom. The second-order valence-electron chi connectivity index (χ2n) is 5.48. The van der Waals surface area contributed by atoms with Crippen molar-refractivity contribution in [2.75, 3.05) is 0 Å². The number of nitrogens with one attached hydrogen (secondary N) is 2. The number of aryl methyl sites for hydroxylation is 1. The maximum atomic E-state index is 14.0. The molecule has 0 aliphatic heterocycles. The van der Waals surface area contributed by atoms with Gasteiger partial charge in [-0.1, -0.05) is 19.1 Å². The molecule has 0 spiro atoms. The minimum atomic E-state index is -0.518. The van der Waals surface area contributed by atoms with Gasteiger partial charge in [0.15, 0.2) is 0 Å². The van der Waals surface area contributed by atoms with Gasteiger partial charge in [0.1, 0.15) is 11.5 Å². The average molecular weight is 307 g/mol. The molecule has 114 valence electrons. The Balaban J connectivity index is 2.05. The van der Waals surface area contributed by atoms with Crippen molar-refractivity contribution in [3.8, 4) is 11.1 Å². The van der Waals surface area contributed by atoms with E-state index >= 15 is 0 Å². The van der Waals surface area contributed by atoms with Gasteiger partial charge in [-0.2, -0.15) is 0 Å². The first kappa shape index (κ1) is 13.7. The summed E-state index contributed by atoms with van der Waals surface area (Å²) < 4.78 is 14.0. The third-order valence-corrected chi connectivity index (χ3v) is 4.19. The summed E-state index contributed by atoms with van der Waals surface area (Å²) in [6.07, 6.45) is 6.19. The highest BCUT2D eigenvalue weighted by molar-refractivity contribution is 5.97. The molecule has 0 saturated carbocycles. The second kappa shape index (κ2) is 5.05. The number of rotatable bonds is 2. The number of hydrogen-bond donors (Lipinski definition) is 2. The van der Waals surface area contributed by atoms with Crippen LogP contribution in [0.15, 0.2) is 47.7 Å². The van der Waals surface area contributed by atoms with E-state index in [4.69, 9.17) is 0 Å². The van der Waals surface area contributed by atoms with Crippen LogP contribution in [0.3, 0.4) is 0 Å². The van der Waals surface area contributed by atoms with Crippen molar-refractivity contribution in [1.29, 1.82) is 0 Å². The number of H-pyrrole nitrogens is 2. The molecule has 0 saturated heterocycles. The molecule has 0 fully saturated rings. The fourth-order valence-corrected chi connectivity index (χ4v) is 3.00. The Labute approximate surface area is 131 Å². The molecule has 0 unspecified atom stereocenters. The van der Waals surface area contributed by atoms with Crippen LogP contribution < -0.4 is 5.56 Å². The average Bonchev–Trinajstić information content (AvgIpc) is 2.97. The molecule has 0 amide bonds. The van der Waals surface area contributed by atoms with Crippen molar-refractivity contribution in [1.82, 2.24) is 15.0 Å². The Hall–Kier alpha value is -2.95. The number of benzene rings is 1. The fraction of sp³-hybridized carbons (Fsp3) is 0.111. The Bertz CT molecular complexity index is 1090. The molecular formula is C18H14FN3O. The molecule has 4 nitrogen and oxygen atoms in total. The molecule has 23 heavy (non-hydrogen) atoms. The molecule has 0 aliphatic rings. The summed E-state index contributed by atoms with van der Waals surface area (Å²) in [6.45, 7) is 2.08. The number of hydrogen-bond acceptors (Lipinski definition) is 2. The van der Waals surface area contributed by atoms with Gasteiger partial charge in [-0.15, -0.1) is 0 Å². The van der Waals surface area contributed by atoms with E-state index in [1.54, 1.807) is 24.5 Å². The minimum absolute atomic E-state index is 0.0786. The maximum Gasteiger partial charge on any atom is 0.258 e. The van der Waals surface area contributed by atoms with Crippen LogP contribution in [0.25, 0.3) is 32.9 Å². The molecule has 0 bridgehead atoms. The van der Waals surface area contributed by atoms with Crippen LogP contribution in [0, 0.1) is 5.82 Å². The number of nitrogens with zero attached hydrogens (tertiary/aromatic N) is 1. The lowest BCUT2D eigenvalue weighted by atomic mass is 10.0. The maximum absolute atomic E-state index is 14.0. The standard InChI is InChI=1S/C18H14FN3O/c1-2-10-7-20-17-13(10)6-11(8-21-17)14-9-22-18(23)16-12(14)4-3-5-15(16)19/h3-9H,2H2,1H3,(H,20,21)(H,22,23). The van der Waals surface area contributed by atoms with Gasteiger partial charge < -0.3 is 9.97 Å². The molecule has 4 rings (SSSR count). The lowest BCUT2D eigenvalue weighted by Gasteiger charge is -2.07. The molecule has 4 aromatic rings. The summed E-state index contributed by atoms with van der Waals surface area (Å²) in [5, 5.41) is 1.71. The number of fused-ring (bicyclic) bond motifs is 2. The molecule has 0 aliphatic carbocycles. The van der Waals surface area contributed by atoms with E-state index in [-0.39, 0.29) is 5.39 Å². The quantitative estimate of drug-likeness (QED) is 0.592. The highest BCUT2D eigenvalue weighted by Crippen LogP contribution is 2.29. The zero-order valence-electron chi connectivity index (χ0n) is 12.5. The largest absolute Gasteiger partial charge is 0.346 e. The first-order valence-corrected chi connectivity index (χ1v) is 7.45. The third-order valence-electron chi connectivity index (χ3n) is 4.19. The van der Waals surface area contributed by atoms with Crippen LogP contribution in [0.5, 0.6) is 0 Å². The Kier molecular flexibility index (Phi) is 3.01. The van der Waals surface area contributed by atoms with Crippen LogP contribution in [-0.2, 0) is 6.42 Å². The van der Waals surface area contributed by atoms with Crippen molar-refractivity contribution >= 4 is 21.8 Å². The van der Waals surface area contributed by atoms with Crippen molar-refractivity contribution < 1.29 is 4.39 Å². The number of aromatic nitrogens is 3. The molecule has 0 atom stereocenters. The molecule has 0 radical (unpaired) electrons. The van der Waals surface area contributed by atoms with Crippen LogP contribution in [0.1, 0.15) is 12.5 Å². The molecule has 2 N–H and O–H groups in total. The van der Waals surface area contributed by atoms with Gasteiger partial charge in [0, 0.05) is 35.1 Å². The highest BCUT2D eigenvalue weighted by atomic mass is 19.1. The molecule has 3 heterocycles. The van der Waals surface area contributed by atoms with Crippen LogP contribution in [-0.4, -0.2) is 15.0 Å². The van der Waals surface area contributed by atoms with E-state index in [1.807, 2.05) is 12.3 Å². The lowest BCUT2D eigenvalue weighted by Crippen LogP contribution is -2.07. The van der Waals surface area contributed by atoms with Gasteiger partial charge >= 0.3 is 0 Å². The van der Waals surface area contributed by atoms with E-state index in [2.05, 4.69) is 21.9 Å². The summed E-state index contributed by atoms with van der Waals surface area (Å²) in [6, 6.07) is 6.69. The van der Waals surface area contributed by atoms with E-state index in [0.29, 0.717) is 5.39 Å². The van der Waals surface area contributed by atoms with E-state index in [1.165, 1.54) is 11.6 Å². The normalized spacial score (nSPS) is 11.4. The molecule has 5 heteroatoms. The minimum Gasteiger partial charge on any atom is -0.346 e. The van der Waals surface area contributed by atoms with Crippen molar-refractivity contribution in [3.05, 3.63) is 64.6 Å². The van der Waals surface area contributed by atoms with E-state index in [9.17, 15) is 9.18 Å². The topological polar surface area (TPSA) is 61.5 Å². The summed E-state index contributed by atoms with van der Waals surface area (Å²) in [5.41, 5.74) is 3.18. The third kappa shape index (κ3) is 2.04. The zero-order chi connectivity index (χ0) is 16.0. The van der Waals surface area contributed by atoms with Crippen molar-refractivity contribution in [2.24, 2.45) is 0 Å². The molecule has 3 aromatic heterocycles. The summed E-state index contributed by atoms with van der Waals surface area (Å²) >= 11 is 0. The fourth-order valence-electron chi connectivity index (χ4n) is 3.00. The van der Waals surface area contributed by atoms with E-state index < -0.39 is 11.4 Å². The Morgan fingerprint density at radius 1 is 1.17 bits per heavy atom. The van der Waals surface area contributed by atoms with Crippen LogP contribution in [0.2, 0.25) is 0 Å². The van der Waals surface area contributed by atoms with Crippen molar-refractivity contribution in [3.63, 3.8) is 0 Å². The smallest absolute Gasteiger partial charge is 0.258 e. The monoisotopic (exact) mass is 307 g/mol. The van der Waals surface area contributed by atoms with Gasteiger partial charge in [0.05, 0.1) is 5.39 Å². The highest BCUT2D eigenvalue weighted by Gasteiger charge is 2.12. The first-order chi connectivity index (χ1) is 11.2. The second-order valence-corrected chi connectivity index (χ2v) is 5.48. The van der Waals surface area contributed by atoms with Gasteiger partial charge in [-0.05, 0) is 29.5 Å². The molecule has 1 aromatic carbocycles. The number of pyridine rings is 2. The number of aromatic amines is 2. The van der Waals surface area contributed by atoms with Gasteiger partial charge in [-0.3, -0.25) is 4.79 Å². The Morgan fingerprint density at radius 3 is 2.87 bits per heavy atom. The van der Waals surface area contributed by atoms with E-state index in [0.717, 1.165) is 28.6 Å². The lowest BCUT2D eigenvalue weighted by molar-refractivity contribution is 0.638. The summed E-state index contributed by atoms with van der Waals surface area (Å²) in [7, 11) is 0. The predicted octanol–water partition coefficient (Wildman–Crippen LogP) is 3.77. The van der Waals surface area contributed by atoms with Gasteiger partial charge in [-0.25, -0.2) is 9.37 Å². The predicted molar refractivity (Wildman–Crippen MR) is 89.0 cm³/mol. The van der Waals surface area contributed by atoms with Crippen LogP contribution in [0.4, 0.5) is 4.39 Å². The van der Waals surface area contributed by atoms with Gasteiger partial charge in [0.25, 0.3) is 5.56 Å². The van der Waals surface area contributed by atoms with Gasteiger partial charge in [0.2, 0.25) is 0 Å². The van der Waals surface area contributed by atoms with Crippen LogP contribution >= 0.6 is 0 Å². The summed E-state index contributed by atoms with van der Waals surface area (Å²) in [4.78, 5) is 22.1. The zero-order valence-corrected chi connectivity index (χ0v) is 12.5. The SMILES string of the molecule is CCc1c[nH]c2ncc(-c3c[nH]c(=O)c4c(F)cccc34)cc12. The first-order valence-electron chi connectivity index (χ1n) is 7.45. The molecular weight excluding hydrogens is 293 g/mol. The van der Waals surface area contributed by atoms with Crippen molar-refractivity contribution in [2.45, 2.75) is 13.3 Å². The number of halogens is 1. The summed E-state index contributed by atoms with van der Waals surface area (Å²) in [5.74, 6) is -0.518.